The Kier molecular flexibility index (Phi) is 7.01. The van der Waals surface area contributed by atoms with Crippen LogP contribution in [0.2, 0.25) is 0 Å². The lowest BCUT2D eigenvalue weighted by Gasteiger charge is -2.14. The van der Waals surface area contributed by atoms with Crippen LogP contribution in [0.5, 0.6) is 0 Å². The van der Waals surface area contributed by atoms with E-state index in [0.29, 0.717) is 16.7 Å². The van der Waals surface area contributed by atoms with Gasteiger partial charge in [0.25, 0.3) is 5.56 Å². The third-order valence-electron chi connectivity index (χ3n) is 3.84. The monoisotopic (exact) mass is 474 g/mol. The number of ether oxygens (including phenoxy) is 1. The number of carbonyl (C=O) groups is 1. The van der Waals surface area contributed by atoms with Gasteiger partial charge < -0.3 is 9.84 Å². The Morgan fingerprint density at radius 1 is 1.46 bits per heavy atom. The number of aliphatic hydroxyl groups is 1. The smallest absolute Gasteiger partial charge is 0.269 e. The molecule has 2 aromatic rings. The van der Waals surface area contributed by atoms with Crippen molar-refractivity contribution in [1.82, 2.24) is 9.78 Å². The van der Waals surface area contributed by atoms with Crippen LogP contribution in [-0.2, 0) is 18.2 Å². The number of hydrogen-bond donors (Lipinski definition) is 1. The van der Waals surface area contributed by atoms with Gasteiger partial charge >= 0.3 is 0 Å². The molecule has 0 bridgehead atoms. The molecule has 6 nitrogen and oxygen atoms in total. The molecule has 1 aromatic carbocycles. The number of ketones is 1. The molecule has 8 heteroatoms. The zero-order valence-corrected chi connectivity index (χ0v) is 16.9. The fourth-order valence-electron chi connectivity index (χ4n) is 2.49. The summed E-state index contributed by atoms with van der Waals surface area (Å²) in [4.78, 5) is 24.7. The van der Waals surface area contributed by atoms with Crippen molar-refractivity contribution in [2.75, 3.05) is 13.2 Å². The average molecular weight is 474 g/mol. The Balaban J connectivity index is 2.41. The molecular formula is C18H20FIN2O4. The summed E-state index contributed by atoms with van der Waals surface area (Å²) in [7, 11) is 1.46. The van der Waals surface area contributed by atoms with Gasteiger partial charge in [-0.3, -0.25) is 9.59 Å². The Hall–Kier alpha value is -1.65. The largest absolute Gasteiger partial charge is 0.391 e. The molecule has 0 unspecified atom stereocenters. The van der Waals surface area contributed by atoms with E-state index in [-0.39, 0.29) is 30.9 Å². The first-order chi connectivity index (χ1) is 12.2. The molecule has 0 aliphatic rings. The number of aryl methyl sites for hydroxylation is 1. The predicted octanol–water partition coefficient (Wildman–Crippen LogP) is 2.00. The van der Waals surface area contributed by atoms with Gasteiger partial charge in [0.1, 0.15) is 18.1 Å². The summed E-state index contributed by atoms with van der Waals surface area (Å²) in [6, 6.07) is 4.79. The molecule has 0 spiro atoms. The van der Waals surface area contributed by atoms with E-state index in [1.807, 2.05) is 22.6 Å². The van der Waals surface area contributed by atoms with Crippen LogP contribution in [0.3, 0.4) is 0 Å². The zero-order valence-electron chi connectivity index (χ0n) is 14.8. The molecule has 1 N–H and O–H groups in total. The second-order valence-electron chi connectivity index (χ2n) is 6.08. The molecule has 0 amide bonds. The third-order valence-corrected chi connectivity index (χ3v) is 4.51. The van der Waals surface area contributed by atoms with Gasteiger partial charge in [0.15, 0.2) is 0 Å². The summed E-state index contributed by atoms with van der Waals surface area (Å²) in [6.45, 7) is 2.87. The van der Waals surface area contributed by atoms with Gasteiger partial charge in [-0.2, -0.15) is 5.10 Å². The fourth-order valence-corrected chi connectivity index (χ4v) is 2.94. The van der Waals surface area contributed by atoms with Gasteiger partial charge in [-0.25, -0.2) is 9.07 Å². The first-order valence-electron chi connectivity index (χ1n) is 8.00. The molecule has 26 heavy (non-hydrogen) atoms. The minimum absolute atomic E-state index is 0.0115. The highest BCUT2D eigenvalue weighted by atomic mass is 127. The van der Waals surface area contributed by atoms with Gasteiger partial charge in [0.05, 0.1) is 12.7 Å². The molecular weight excluding hydrogens is 454 g/mol. The molecule has 140 valence electrons. The van der Waals surface area contributed by atoms with Crippen LogP contribution in [0.15, 0.2) is 23.0 Å². The topological polar surface area (TPSA) is 81.4 Å². The SMILES string of the molecule is Cc1c(Cc2ccc(I)cc2F)c(C(=O)COC[C@H](C)O)nn(C)c1=O. The van der Waals surface area contributed by atoms with Crippen LogP contribution in [-0.4, -0.2) is 40.0 Å². The van der Waals surface area contributed by atoms with Crippen molar-refractivity contribution >= 4 is 28.4 Å². The molecule has 0 radical (unpaired) electrons. The van der Waals surface area contributed by atoms with Gasteiger partial charge in [-0.05, 0) is 59.7 Å². The quantitative estimate of drug-likeness (QED) is 0.491. The molecule has 0 aliphatic heterocycles. The number of carbonyl (C=O) groups excluding carboxylic acids is 1. The lowest BCUT2D eigenvalue weighted by Crippen LogP contribution is -2.29. The van der Waals surface area contributed by atoms with E-state index in [1.165, 1.54) is 13.1 Å². The summed E-state index contributed by atoms with van der Waals surface area (Å²) >= 11 is 2.01. The molecule has 2 rings (SSSR count). The number of benzene rings is 1. The number of nitrogens with zero attached hydrogens (tertiary/aromatic N) is 2. The Bertz CT molecular complexity index is 880. The first kappa shape index (κ1) is 20.7. The number of Topliss-reactive ketones (excluding diaryl/α,β-unsaturated/α-hetero) is 1. The number of aromatic nitrogens is 2. The second kappa shape index (κ2) is 8.83. The number of halogens is 2. The van der Waals surface area contributed by atoms with Crippen LogP contribution in [0, 0.1) is 16.3 Å². The second-order valence-corrected chi connectivity index (χ2v) is 7.33. The summed E-state index contributed by atoms with van der Waals surface area (Å²) in [6.07, 6.45) is -0.618. The average Bonchev–Trinajstić information content (AvgIpc) is 2.56. The highest BCUT2D eigenvalue weighted by Gasteiger charge is 2.21. The van der Waals surface area contributed by atoms with Gasteiger partial charge in [-0.1, -0.05) is 6.07 Å². The van der Waals surface area contributed by atoms with E-state index in [2.05, 4.69) is 5.10 Å². The zero-order chi connectivity index (χ0) is 19.4. The van der Waals surface area contributed by atoms with Gasteiger partial charge in [-0.15, -0.1) is 0 Å². The highest BCUT2D eigenvalue weighted by molar-refractivity contribution is 14.1. The minimum atomic E-state index is -0.696. The van der Waals surface area contributed by atoms with Crippen molar-refractivity contribution in [2.24, 2.45) is 7.05 Å². The van der Waals surface area contributed by atoms with E-state index < -0.39 is 17.7 Å². The summed E-state index contributed by atoms with van der Waals surface area (Å²) in [5.41, 5.74) is 0.848. The van der Waals surface area contributed by atoms with Crippen molar-refractivity contribution in [2.45, 2.75) is 26.4 Å². The minimum Gasteiger partial charge on any atom is -0.391 e. The maximum Gasteiger partial charge on any atom is 0.269 e. The first-order valence-corrected chi connectivity index (χ1v) is 9.08. The van der Waals surface area contributed by atoms with Crippen molar-refractivity contribution in [3.63, 3.8) is 0 Å². The van der Waals surface area contributed by atoms with Crippen LogP contribution < -0.4 is 5.56 Å². The van der Waals surface area contributed by atoms with E-state index in [9.17, 15) is 19.1 Å². The van der Waals surface area contributed by atoms with Gasteiger partial charge in [0, 0.05) is 22.6 Å². The number of aliphatic hydroxyl groups excluding tert-OH is 1. The van der Waals surface area contributed by atoms with E-state index in [4.69, 9.17) is 4.74 Å². The van der Waals surface area contributed by atoms with Crippen molar-refractivity contribution in [3.05, 3.63) is 60.3 Å². The van der Waals surface area contributed by atoms with E-state index in [1.54, 1.807) is 26.0 Å². The number of rotatable bonds is 7. The summed E-state index contributed by atoms with van der Waals surface area (Å²) in [5, 5.41) is 13.3. The lowest BCUT2D eigenvalue weighted by molar-refractivity contribution is 0.0420. The van der Waals surface area contributed by atoms with E-state index in [0.717, 1.165) is 8.25 Å². The number of hydrogen-bond acceptors (Lipinski definition) is 5. The van der Waals surface area contributed by atoms with Crippen molar-refractivity contribution in [1.29, 1.82) is 0 Å². The molecule has 0 fully saturated rings. The molecule has 0 aliphatic carbocycles. The van der Waals surface area contributed by atoms with Crippen molar-refractivity contribution in [3.8, 4) is 0 Å². The molecule has 1 aromatic heterocycles. The van der Waals surface area contributed by atoms with Crippen LogP contribution in [0.1, 0.15) is 34.1 Å². The summed E-state index contributed by atoms with van der Waals surface area (Å²) in [5.74, 6) is -0.828. The predicted molar refractivity (Wildman–Crippen MR) is 103 cm³/mol. The molecule has 0 saturated carbocycles. The Labute approximate surface area is 164 Å². The maximum atomic E-state index is 14.2. The standard InChI is InChI=1S/C18H20FIN2O4/c1-10(23)8-26-9-16(24)17-14(11(2)18(25)22(3)21-17)6-12-4-5-13(20)7-15(12)19/h4-5,7,10,23H,6,8-9H2,1-3H3/t10-/m0/s1. The Morgan fingerprint density at radius 3 is 2.77 bits per heavy atom. The fraction of sp³-hybridized carbons (Fsp3) is 0.389. The van der Waals surface area contributed by atoms with Crippen LogP contribution in [0.25, 0.3) is 0 Å². The summed E-state index contributed by atoms with van der Waals surface area (Å²) < 4.78 is 21.2. The van der Waals surface area contributed by atoms with Crippen LogP contribution >= 0.6 is 22.6 Å². The molecule has 1 atom stereocenters. The van der Waals surface area contributed by atoms with Crippen molar-refractivity contribution < 1.29 is 19.0 Å². The van der Waals surface area contributed by atoms with Crippen LogP contribution in [0.4, 0.5) is 4.39 Å². The van der Waals surface area contributed by atoms with E-state index >= 15 is 0 Å². The molecule has 0 saturated heterocycles. The molecule has 1 heterocycles. The lowest BCUT2D eigenvalue weighted by atomic mass is 9.98. The maximum absolute atomic E-state index is 14.2. The third kappa shape index (κ3) is 4.95. The van der Waals surface area contributed by atoms with Gasteiger partial charge in [0.2, 0.25) is 5.78 Å². The normalized spacial score (nSPS) is 12.2. The highest BCUT2D eigenvalue weighted by Crippen LogP contribution is 2.19. The Morgan fingerprint density at radius 2 is 2.15 bits per heavy atom.